The van der Waals surface area contributed by atoms with E-state index in [0.29, 0.717) is 28.3 Å². The summed E-state index contributed by atoms with van der Waals surface area (Å²) >= 11 is 6.28. The van der Waals surface area contributed by atoms with E-state index in [1.54, 1.807) is 19.4 Å². The molecule has 2 aromatic heterocycles. The van der Waals surface area contributed by atoms with Crippen molar-refractivity contribution >= 4 is 34.1 Å². The Balaban J connectivity index is 1.56. The van der Waals surface area contributed by atoms with Crippen LogP contribution in [-0.4, -0.2) is 48.7 Å². The number of anilines is 1. The van der Waals surface area contributed by atoms with Crippen molar-refractivity contribution in [2.45, 2.75) is 58.0 Å². The van der Waals surface area contributed by atoms with Crippen LogP contribution in [0.1, 0.15) is 72.4 Å². The number of fused-ring (bicyclic) bond motifs is 1. The lowest BCUT2D eigenvalue weighted by Crippen LogP contribution is -2.33. The van der Waals surface area contributed by atoms with E-state index in [9.17, 15) is 4.79 Å². The van der Waals surface area contributed by atoms with E-state index in [-0.39, 0.29) is 11.9 Å². The number of pyridine rings is 2. The number of rotatable bonds is 6. The summed E-state index contributed by atoms with van der Waals surface area (Å²) in [6.45, 7) is 8.75. The maximum atomic E-state index is 13.8. The molecule has 0 radical (unpaired) electrons. The number of carbonyl (C=O) groups excluding carboxylic acids is 1. The van der Waals surface area contributed by atoms with E-state index < -0.39 is 0 Å². The van der Waals surface area contributed by atoms with Crippen LogP contribution in [-0.2, 0) is 0 Å². The number of hydrogen-bond acceptors (Lipinski definition) is 6. The molecular weight excluding hydrogens is 474 g/mol. The number of ether oxygens (including phenoxy) is 1. The summed E-state index contributed by atoms with van der Waals surface area (Å²) in [4.78, 5) is 25.8. The third kappa shape index (κ3) is 5.13. The Morgan fingerprint density at radius 2 is 2.03 bits per heavy atom. The maximum Gasteiger partial charge on any atom is 0.255 e. The van der Waals surface area contributed by atoms with Gasteiger partial charge in [-0.25, -0.2) is 0 Å². The maximum absolute atomic E-state index is 13.8. The Morgan fingerprint density at radius 3 is 2.78 bits per heavy atom. The number of nitrogens with zero attached hydrogens (tertiary/aromatic N) is 3. The number of carbonyl (C=O) groups is 1. The Morgan fingerprint density at radius 1 is 1.22 bits per heavy atom. The highest BCUT2D eigenvalue weighted by Crippen LogP contribution is 2.43. The molecule has 0 bridgehead atoms. The molecule has 1 aliphatic heterocycles. The molecule has 8 heteroatoms. The standard InChI is InChI=1S/C28H34ClN5O2/c1-16-7-9-34(10-8-30-16)27-23-11-17(2)32-25(19-5-6-19)26(23)31-15-24(27)28(35)33-18(3)20-12-21(29)14-22(13-20)36-4/h11-16,18-19,30H,5-10H2,1-4H3,(H,33,35)/t16-,18-/m0/s1. The van der Waals surface area contributed by atoms with Crippen molar-refractivity contribution in [2.24, 2.45) is 0 Å². The first kappa shape index (κ1) is 24.8. The minimum atomic E-state index is -0.263. The zero-order valence-electron chi connectivity index (χ0n) is 21.4. The van der Waals surface area contributed by atoms with Crippen molar-refractivity contribution in [2.75, 3.05) is 31.6 Å². The van der Waals surface area contributed by atoms with Crippen LogP contribution in [0.15, 0.2) is 30.5 Å². The molecule has 1 saturated heterocycles. The van der Waals surface area contributed by atoms with Crippen molar-refractivity contribution < 1.29 is 9.53 Å². The van der Waals surface area contributed by atoms with Gasteiger partial charge in [0, 0.05) is 53.9 Å². The third-order valence-corrected chi connectivity index (χ3v) is 7.41. The fourth-order valence-corrected chi connectivity index (χ4v) is 5.27. The highest BCUT2D eigenvalue weighted by atomic mass is 35.5. The first-order valence-corrected chi connectivity index (χ1v) is 13.2. The average molecular weight is 508 g/mol. The average Bonchev–Trinajstić information content (AvgIpc) is 3.71. The molecular formula is C28H34ClN5O2. The topological polar surface area (TPSA) is 79.4 Å². The van der Waals surface area contributed by atoms with Crippen molar-refractivity contribution in [3.05, 3.63) is 58.0 Å². The van der Waals surface area contributed by atoms with E-state index in [1.165, 1.54) is 0 Å². The zero-order valence-corrected chi connectivity index (χ0v) is 22.2. The van der Waals surface area contributed by atoms with Gasteiger partial charge in [0.15, 0.2) is 0 Å². The van der Waals surface area contributed by atoms with Gasteiger partial charge >= 0.3 is 0 Å². The van der Waals surface area contributed by atoms with Gasteiger partial charge in [0.2, 0.25) is 0 Å². The Bertz CT molecular complexity index is 1290. The molecule has 190 valence electrons. The third-order valence-electron chi connectivity index (χ3n) is 7.19. The first-order chi connectivity index (χ1) is 17.3. The van der Waals surface area contributed by atoms with Gasteiger partial charge in [-0.05, 0) is 69.9 Å². The molecule has 2 aliphatic rings. The quantitative estimate of drug-likeness (QED) is 0.480. The smallest absolute Gasteiger partial charge is 0.255 e. The van der Waals surface area contributed by atoms with Crippen LogP contribution in [0.3, 0.4) is 0 Å². The summed E-state index contributed by atoms with van der Waals surface area (Å²) in [5.41, 5.74) is 5.38. The van der Waals surface area contributed by atoms with Crippen LogP contribution in [0, 0.1) is 6.92 Å². The molecule has 7 nitrogen and oxygen atoms in total. The highest BCUT2D eigenvalue weighted by Gasteiger charge is 2.31. The summed E-state index contributed by atoms with van der Waals surface area (Å²) in [6.07, 6.45) is 5.04. The molecule has 3 heterocycles. The van der Waals surface area contributed by atoms with E-state index in [1.807, 2.05) is 26.0 Å². The molecule has 36 heavy (non-hydrogen) atoms. The van der Waals surface area contributed by atoms with Crippen molar-refractivity contribution in [1.29, 1.82) is 0 Å². The first-order valence-electron chi connectivity index (χ1n) is 12.8. The number of aromatic nitrogens is 2. The number of amides is 1. The number of methoxy groups -OCH3 is 1. The van der Waals surface area contributed by atoms with Gasteiger partial charge in [-0.3, -0.25) is 14.8 Å². The van der Waals surface area contributed by atoms with Crippen LogP contribution in [0.2, 0.25) is 5.02 Å². The molecule has 0 unspecified atom stereocenters. The van der Waals surface area contributed by atoms with E-state index >= 15 is 0 Å². The van der Waals surface area contributed by atoms with Crippen LogP contribution >= 0.6 is 11.6 Å². The largest absolute Gasteiger partial charge is 0.497 e. The monoisotopic (exact) mass is 507 g/mol. The van der Waals surface area contributed by atoms with Gasteiger partial charge in [0.25, 0.3) is 5.91 Å². The summed E-state index contributed by atoms with van der Waals surface area (Å²) in [7, 11) is 1.61. The number of nitrogens with one attached hydrogen (secondary N) is 2. The summed E-state index contributed by atoms with van der Waals surface area (Å²) in [5, 5.41) is 8.33. The van der Waals surface area contributed by atoms with Gasteiger partial charge < -0.3 is 20.3 Å². The lowest BCUT2D eigenvalue weighted by molar-refractivity contribution is 0.0940. The number of aryl methyl sites for hydroxylation is 1. The van der Waals surface area contributed by atoms with Crippen LogP contribution in [0.25, 0.3) is 10.9 Å². The van der Waals surface area contributed by atoms with Crippen LogP contribution in [0.4, 0.5) is 5.69 Å². The minimum absolute atomic E-state index is 0.154. The second-order valence-electron chi connectivity index (χ2n) is 10.1. The Hall–Kier alpha value is -2.90. The minimum Gasteiger partial charge on any atom is -0.497 e. The molecule has 5 rings (SSSR count). The lowest BCUT2D eigenvalue weighted by atomic mass is 10.0. The normalized spacial score (nSPS) is 19.1. The number of hydrogen-bond donors (Lipinski definition) is 2. The molecule has 3 aromatic rings. The zero-order chi connectivity index (χ0) is 25.4. The predicted octanol–water partition coefficient (Wildman–Crippen LogP) is 5.16. The lowest BCUT2D eigenvalue weighted by Gasteiger charge is -2.27. The van der Waals surface area contributed by atoms with Gasteiger partial charge in [0.1, 0.15) is 5.75 Å². The Kier molecular flexibility index (Phi) is 7.04. The fourth-order valence-electron chi connectivity index (χ4n) is 5.03. The second kappa shape index (κ2) is 10.2. The van der Waals surface area contributed by atoms with E-state index in [0.717, 1.165) is 72.4 Å². The summed E-state index contributed by atoms with van der Waals surface area (Å²) < 4.78 is 5.36. The summed E-state index contributed by atoms with van der Waals surface area (Å²) in [6, 6.07) is 7.77. The molecule has 0 spiro atoms. The SMILES string of the molecule is COc1cc(Cl)cc([C@H](C)NC(=O)c2cnc3c(C4CC4)nc(C)cc3c2N2CCN[C@@H](C)CC2)c1. The Labute approximate surface area is 217 Å². The fraction of sp³-hybridized carbons (Fsp3) is 0.464. The van der Waals surface area contributed by atoms with Crippen molar-refractivity contribution in [1.82, 2.24) is 20.6 Å². The van der Waals surface area contributed by atoms with Crippen LogP contribution in [0.5, 0.6) is 5.75 Å². The van der Waals surface area contributed by atoms with Gasteiger partial charge in [-0.1, -0.05) is 11.6 Å². The molecule has 1 aliphatic carbocycles. The van der Waals surface area contributed by atoms with Crippen molar-refractivity contribution in [3.8, 4) is 5.75 Å². The number of benzene rings is 1. The molecule has 2 N–H and O–H groups in total. The molecule has 1 amide bonds. The molecule has 2 fully saturated rings. The highest BCUT2D eigenvalue weighted by molar-refractivity contribution is 6.30. The predicted molar refractivity (Wildman–Crippen MR) is 144 cm³/mol. The van der Waals surface area contributed by atoms with Gasteiger partial charge in [0.05, 0.1) is 35.6 Å². The molecule has 1 saturated carbocycles. The number of halogens is 1. The second-order valence-corrected chi connectivity index (χ2v) is 10.5. The van der Waals surface area contributed by atoms with E-state index in [2.05, 4.69) is 28.5 Å². The van der Waals surface area contributed by atoms with Gasteiger partial charge in [-0.15, -0.1) is 0 Å². The van der Waals surface area contributed by atoms with Crippen molar-refractivity contribution in [3.63, 3.8) is 0 Å². The molecule has 2 atom stereocenters. The van der Waals surface area contributed by atoms with E-state index in [4.69, 9.17) is 26.3 Å². The molecule has 1 aromatic carbocycles. The van der Waals surface area contributed by atoms with Crippen LogP contribution < -0.4 is 20.3 Å². The van der Waals surface area contributed by atoms with Gasteiger partial charge in [-0.2, -0.15) is 0 Å². The summed E-state index contributed by atoms with van der Waals surface area (Å²) in [5.74, 6) is 0.975.